The molecule has 0 spiro atoms. The van der Waals surface area contributed by atoms with E-state index in [4.69, 9.17) is 16.3 Å². The summed E-state index contributed by atoms with van der Waals surface area (Å²) in [6.45, 7) is 3.15. The monoisotopic (exact) mass is 390 g/mol. The molecular weight excluding hydrogens is 371 g/mol. The molecule has 1 amide bonds. The molecule has 3 rings (SSSR count). The van der Waals surface area contributed by atoms with Crippen LogP contribution in [0.15, 0.2) is 42.5 Å². The van der Waals surface area contributed by atoms with Crippen LogP contribution >= 0.6 is 11.6 Å². The second-order valence-corrected chi connectivity index (χ2v) is 6.78. The molecule has 1 saturated heterocycles. The minimum Gasteiger partial charge on any atom is -0.480 e. The second kappa shape index (κ2) is 8.97. The van der Waals surface area contributed by atoms with Gasteiger partial charge in [0.15, 0.2) is 24.5 Å². The molecule has 27 heavy (non-hydrogen) atoms. The van der Waals surface area contributed by atoms with Crippen molar-refractivity contribution < 1.29 is 18.7 Å². The zero-order valence-corrected chi connectivity index (χ0v) is 15.5. The Morgan fingerprint density at radius 3 is 2.48 bits per heavy atom. The van der Waals surface area contributed by atoms with Crippen molar-refractivity contribution >= 4 is 23.8 Å². The summed E-state index contributed by atoms with van der Waals surface area (Å²) in [4.78, 5) is 27.3. The summed E-state index contributed by atoms with van der Waals surface area (Å²) < 4.78 is 19.1. The number of para-hydroxylation sites is 1. The average molecular weight is 391 g/mol. The number of amides is 1. The predicted molar refractivity (Wildman–Crippen MR) is 101 cm³/mol. The van der Waals surface area contributed by atoms with Gasteiger partial charge in [0.1, 0.15) is 0 Å². The maximum absolute atomic E-state index is 13.8. The lowest BCUT2D eigenvalue weighted by Crippen LogP contribution is -2.49. The number of nitrogens with zero attached hydrogens (tertiary/aromatic N) is 2. The lowest BCUT2D eigenvalue weighted by atomic mass is 10.2. The third-order valence-electron chi connectivity index (χ3n) is 4.51. The fourth-order valence-electron chi connectivity index (χ4n) is 3.00. The van der Waals surface area contributed by atoms with Crippen LogP contribution in [0, 0.1) is 5.82 Å². The summed E-state index contributed by atoms with van der Waals surface area (Å²) >= 11 is 5.90. The van der Waals surface area contributed by atoms with Crippen LogP contribution in [0.5, 0.6) is 5.75 Å². The molecule has 1 aliphatic rings. The molecule has 0 unspecified atom stereocenters. The number of carbonyl (C=O) groups excluding carboxylic acids is 2. The molecule has 7 heteroatoms. The first-order valence-corrected chi connectivity index (χ1v) is 9.05. The minimum absolute atomic E-state index is 0.0931. The lowest BCUT2D eigenvalue weighted by molar-refractivity contribution is -0.135. The second-order valence-electron chi connectivity index (χ2n) is 6.35. The van der Waals surface area contributed by atoms with E-state index in [2.05, 4.69) is 4.90 Å². The Hall–Kier alpha value is -2.44. The predicted octanol–water partition coefficient (Wildman–Crippen LogP) is 3.01. The van der Waals surface area contributed by atoms with Crippen LogP contribution in [-0.2, 0) is 11.3 Å². The van der Waals surface area contributed by atoms with E-state index in [1.165, 1.54) is 23.8 Å². The molecule has 5 nitrogen and oxygen atoms in total. The Morgan fingerprint density at radius 1 is 1.11 bits per heavy atom. The Morgan fingerprint density at radius 2 is 1.81 bits per heavy atom. The van der Waals surface area contributed by atoms with Gasteiger partial charge in [-0.05, 0) is 29.8 Å². The number of hydrogen-bond donors (Lipinski definition) is 0. The van der Waals surface area contributed by atoms with E-state index in [0.29, 0.717) is 24.4 Å². The number of piperazine rings is 1. The van der Waals surface area contributed by atoms with Gasteiger partial charge in [0.25, 0.3) is 5.91 Å². The normalized spacial score (nSPS) is 14.8. The Labute approximate surface area is 162 Å². The van der Waals surface area contributed by atoms with Crippen LogP contribution in [-0.4, -0.2) is 54.8 Å². The minimum atomic E-state index is -0.653. The molecule has 2 aromatic carbocycles. The molecule has 0 bridgehead atoms. The largest absolute Gasteiger partial charge is 0.480 e. The van der Waals surface area contributed by atoms with Crippen molar-refractivity contribution in [2.45, 2.75) is 6.54 Å². The van der Waals surface area contributed by atoms with Crippen molar-refractivity contribution in [3.8, 4) is 5.75 Å². The topological polar surface area (TPSA) is 49.9 Å². The van der Waals surface area contributed by atoms with E-state index < -0.39 is 5.82 Å². The maximum Gasteiger partial charge on any atom is 0.260 e. The summed E-state index contributed by atoms with van der Waals surface area (Å²) in [5.41, 5.74) is 1.26. The molecule has 1 fully saturated rings. The van der Waals surface area contributed by atoms with Gasteiger partial charge in [-0.2, -0.15) is 0 Å². The molecule has 0 atom stereocenters. The van der Waals surface area contributed by atoms with Gasteiger partial charge in [-0.1, -0.05) is 29.8 Å². The van der Waals surface area contributed by atoms with Gasteiger partial charge in [0.05, 0.1) is 5.56 Å². The van der Waals surface area contributed by atoms with Crippen LogP contribution < -0.4 is 4.74 Å². The van der Waals surface area contributed by atoms with E-state index in [-0.39, 0.29) is 23.8 Å². The first-order valence-electron chi connectivity index (χ1n) is 8.68. The van der Waals surface area contributed by atoms with Gasteiger partial charge < -0.3 is 9.64 Å². The third kappa shape index (κ3) is 5.05. The van der Waals surface area contributed by atoms with E-state index in [1.54, 1.807) is 4.90 Å². The van der Waals surface area contributed by atoms with Gasteiger partial charge in [-0.15, -0.1) is 0 Å². The number of aldehydes is 1. The van der Waals surface area contributed by atoms with Crippen LogP contribution in [0.3, 0.4) is 0 Å². The standard InChI is InChI=1S/C20H20ClFN2O3/c21-17-6-4-15(5-7-17)12-23-8-10-24(11-9-23)19(26)14-27-20-16(13-25)2-1-3-18(20)22/h1-7,13H,8-12,14H2. The fourth-order valence-corrected chi connectivity index (χ4v) is 3.13. The molecule has 1 aliphatic heterocycles. The Kier molecular flexibility index (Phi) is 6.42. The smallest absolute Gasteiger partial charge is 0.260 e. The van der Waals surface area contributed by atoms with Crippen molar-refractivity contribution in [1.29, 1.82) is 0 Å². The highest BCUT2D eigenvalue weighted by Gasteiger charge is 2.22. The zero-order valence-electron chi connectivity index (χ0n) is 14.7. The highest BCUT2D eigenvalue weighted by atomic mass is 35.5. The van der Waals surface area contributed by atoms with Crippen LogP contribution in [0.4, 0.5) is 4.39 Å². The molecule has 0 radical (unpaired) electrons. The van der Waals surface area contributed by atoms with Crippen molar-refractivity contribution in [2.24, 2.45) is 0 Å². The van der Waals surface area contributed by atoms with Crippen LogP contribution in [0.25, 0.3) is 0 Å². The number of carbonyl (C=O) groups is 2. The molecular formula is C20H20ClFN2O3. The number of hydrogen-bond acceptors (Lipinski definition) is 4. The molecule has 0 saturated carbocycles. The van der Waals surface area contributed by atoms with E-state index in [1.807, 2.05) is 24.3 Å². The van der Waals surface area contributed by atoms with Crippen LogP contribution in [0.2, 0.25) is 5.02 Å². The number of halogens is 2. The van der Waals surface area contributed by atoms with Crippen molar-refractivity contribution in [3.05, 3.63) is 64.4 Å². The first-order chi connectivity index (χ1) is 13.1. The van der Waals surface area contributed by atoms with Gasteiger partial charge in [-0.25, -0.2) is 4.39 Å². The molecule has 2 aromatic rings. The van der Waals surface area contributed by atoms with Gasteiger partial charge in [0.2, 0.25) is 0 Å². The van der Waals surface area contributed by atoms with Crippen LogP contribution in [0.1, 0.15) is 15.9 Å². The lowest BCUT2D eigenvalue weighted by Gasteiger charge is -2.34. The maximum atomic E-state index is 13.8. The quantitative estimate of drug-likeness (QED) is 0.711. The van der Waals surface area contributed by atoms with E-state index >= 15 is 0 Å². The molecule has 142 valence electrons. The molecule has 1 heterocycles. The zero-order chi connectivity index (χ0) is 19.2. The van der Waals surface area contributed by atoms with E-state index in [0.717, 1.165) is 19.6 Å². The summed E-state index contributed by atoms with van der Waals surface area (Å²) in [6.07, 6.45) is 0.512. The van der Waals surface area contributed by atoms with Crippen molar-refractivity contribution in [3.63, 3.8) is 0 Å². The average Bonchev–Trinajstić information content (AvgIpc) is 2.69. The molecule has 0 aromatic heterocycles. The fraction of sp³-hybridized carbons (Fsp3) is 0.300. The van der Waals surface area contributed by atoms with Crippen molar-refractivity contribution in [2.75, 3.05) is 32.8 Å². The SMILES string of the molecule is O=Cc1cccc(F)c1OCC(=O)N1CCN(Cc2ccc(Cl)cc2)CC1. The van der Waals surface area contributed by atoms with Crippen molar-refractivity contribution in [1.82, 2.24) is 9.80 Å². The Balaban J connectivity index is 1.49. The van der Waals surface area contributed by atoms with E-state index in [9.17, 15) is 14.0 Å². The first kappa shape index (κ1) is 19.3. The number of benzene rings is 2. The third-order valence-corrected chi connectivity index (χ3v) is 4.76. The molecule has 0 aliphatic carbocycles. The van der Waals surface area contributed by atoms with Gasteiger partial charge >= 0.3 is 0 Å². The Bertz CT molecular complexity index is 805. The number of rotatable bonds is 6. The van der Waals surface area contributed by atoms with Gasteiger partial charge in [-0.3, -0.25) is 14.5 Å². The summed E-state index contributed by atoms with van der Waals surface area (Å²) in [5.74, 6) is -1.05. The highest BCUT2D eigenvalue weighted by molar-refractivity contribution is 6.30. The summed E-state index contributed by atoms with van der Waals surface area (Å²) in [6, 6.07) is 11.8. The van der Waals surface area contributed by atoms with Gasteiger partial charge in [0, 0.05) is 37.7 Å². The highest BCUT2D eigenvalue weighted by Crippen LogP contribution is 2.21. The summed E-state index contributed by atoms with van der Waals surface area (Å²) in [5, 5.41) is 0.710. The number of ether oxygens (including phenoxy) is 1. The summed E-state index contributed by atoms with van der Waals surface area (Å²) in [7, 11) is 0. The molecule has 0 N–H and O–H groups in total.